The van der Waals surface area contributed by atoms with Crippen molar-refractivity contribution in [1.82, 2.24) is 0 Å². The molecule has 0 radical (unpaired) electrons. The SMILES string of the molecule is CCOc1ccc(CC(C=O)c2ccccc2F)cc1. The fraction of sp³-hybridized carbons (Fsp3) is 0.235. The highest BCUT2D eigenvalue weighted by Crippen LogP contribution is 2.23. The van der Waals surface area contributed by atoms with Crippen molar-refractivity contribution in [3.63, 3.8) is 0 Å². The summed E-state index contributed by atoms with van der Waals surface area (Å²) in [6.45, 7) is 2.54. The van der Waals surface area contributed by atoms with E-state index in [-0.39, 0.29) is 5.82 Å². The summed E-state index contributed by atoms with van der Waals surface area (Å²) in [5.41, 5.74) is 1.42. The molecular formula is C17H17FO2. The van der Waals surface area contributed by atoms with Crippen LogP contribution in [0.3, 0.4) is 0 Å². The predicted molar refractivity (Wildman–Crippen MR) is 76.5 cm³/mol. The van der Waals surface area contributed by atoms with Crippen LogP contribution in [0.15, 0.2) is 48.5 Å². The molecule has 0 fully saturated rings. The van der Waals surface area contributed by atoms with E-state index in [0.29, 0.717) is 18.6 Å². The van der Waals surface area contributed by atoms with Gasteiger partial charge in [0.1, 0.15) is 17.9 Å². The fourth-order valence-electron chi connectivity index (χ4n) is 2.15. The van der Waals surface area contributed by atoms with Gasteiger partial charge in [0, 0.05) is 5.92 Å². The van der Waals surface area contributed by atoms with Crippen LogP contribution in [0.4, 0.5) is 4.39 Å². The Labute approximate surface area is 118 Å². The molecule has 104 valence electrons. The third-order valence-electron chi connectivity index (χ3n) is 3.16. The molecule has 1 unspecified atom stereocenters. The highest BCUT2D eigenvalue weighted by atomic mass is 19.1. The maximum Gasteiger partial charge on any atom is 0.127 e. The molecule has 20 heavy (non-hydrogen) atoms. The Hall–Kier alpha value is -2.16. The maximum absolute atomic E-state index is 13.7. The molecule has 0 bridgehead atoms. The molecule has 0 aliphatic rings. The number of carbonyl (C=O) groups is 1. The molecule has 0 saturated carbocycles. The topological polar surface area (TPSA) is 26.3 Å². The lowest BCUT2D eigenvalue weighted by atomic mass is 9.93. The van der Waals surface area contributed by atoms with Crippen LogP contribution in [0.1, 0.15) is 24.0 Å². The Kier molecular flexibility index (Phi) is 4.88. The van der Waals surface area contributed by atoms with E-state index >= 15 is 0 Å². The van der Waals surface area contributed by atoms with Gasteiger partial charge in [0.2, 0.25) is 0 Å². The van der Waals surface area contributed by atoms with E-state index in [1.807, 2.05) is 31.2 Å². The van der Waals surface area contributed by atoms with Crippen LogP contribution in [0.25, 0.3) is 0 Å². The van der Waals surface area contributed by atoms with E-state index in [0.717, 1.165) is 17.6 Å². The van der Waals surface area contributed by atoms with Crippen molar-refractivity contribution < 1.29 is 13.9 Å². The molecule has 3 heteroatoms. The van der Waals surface area contributed by atoms with Crippen molar-refractivity contribution in [2.24, 2.45) is 0 Å². The second kappa shape index (κ2) is 6.85. The number of halogens is 1. The van der Waals surface area contributed by atoms with Gasteiger partial charge in [-0.2, -0.15) is 0 Å². The van der Waals surface area contributed by atoms with E-state index < -0.39 is 5.92 Å². The number of benzene rings is 2. The van der Waals surface area contributed by atoms with E-state index in [4.69, 9.17) is 4.74 Å². The van der Waals surface area contributed by atoms with Crippen molar-refractivity contribution in [2.75, 3.05) is 6.61 Å². The first-order chi connectivity index (χ1) is 9.74. The molecule has 0 N–H and O–H groups in total. The van der Waals surface area contributed by atoms with Crippen molar-refractivity contribution in [3.05, 3.63) is 65.5 Å². The quantitative estimate of drug-likeness (QED) is 0.749. The minimum Gasteiger partial charge on any atom is -0.494 e. The third-order valence-corrected chi connectivity index (χ3v) is 3.16. The number of ether oxygens (including phenoxy) is 1. The van der Waals surface area contributed by atoms with Crippen LogP contribution in [0, 0.1) is 5.82 Å². The average Bonchev–Trinajstić information content (AvgIpc) is 2.48. The number of rotatable bonds is 6. The number of hydrogen-bond donors (Lipinski definition) is 0. The summed E-state index contributed by atoms with van der Waals surface area (Å²) < 4.78 is 19.1. The zero-order chi connectivity index (χ0) is 14.4. The number of carbonyl (C=O) groups excluding carboxylic acids is 1. The standard InChI is InChI=1S/C17H17FO2/c1-2-20-15-9-7-13(8-10-15)11-14(12-19)16-5-3-4-6-17(16)18/h3-10,12,14H,2,11H2,1H3. The lowest BCUT2D eigenvalue weighted by molar-refractivity contribution is -0.109. The normalized spacial score (nSPS) is 11.9. The Morgan fingerprint density at radius 2 is 1.85 bits per heavy atom. The lowest BCUT2D eigenvalue weighted by Gasteiger charge is -2.12. The van der Waals surface area contributed by atoms with Crippen LogP contribution in [0.5, 0.6) is 5.75 Å². The summed E-state index contributed by atoms with van der Waals surface area (Å²) in [5, 5.41) is 0. The van der Waals surface area contributed by atoms with Gasteiger partial charge >= 0.3 is 0 Å². The van der Waals surface area contributed by atoms with Crippen molar-refractivity contribution in [3.8, 4) is 5.75 Å². The molecule has 0 aromatic heterocycles. The van der Waals surface area contributed by atoms with Gasteiger partial charge in [-0.15, -0.1) is 0 Å². The Morgan fingerprint density at radius 1 is 1.15 bits per heavy atom. The predicted octanol–water partition coefficient (Wildman–Crippen LogP) is 3.75. The van der Waals surface area contributed by atoms with Crippen molar-refractivity contribution >= 4 is 6.29 Å². The molecule has 0 heterocycles. The number of hydrogen-bond acceptors (Lipinski definition) is 2. The molecule has 0 amide bonds. The monoisotopic (exact) mass is 272 g/mol. The van der Waals surface area contributed by atoms with E-state index in [1.54, 1.807) is 18.2 Å². The largest absolute Gasteiger partial charge is 0.494 e. The van der Waals surface area contributed by atoms with Gasteiger partial charge in [0.15, 0.2) is 0 Å². The molecule has 0 aliphatic carbocycles. The maximum atomic E-state index is 13.7. The molecule has 1 atom stereocenters. The van der Waals surface area contributed by atoms with Gasteiger partial charge in [-0.25, -0.2) is 4.39 Å². The van der Waals surface area contributed by atoms with Crippen LogP contribution >= 0.6 is 0 Å². The van der Waals surface area contributed by atoms with Crippen LogP contribution in [-0.2, 0) is 11.2 Å². The van der Waals surface area contributed by atoms with E-state index in [9.17, 15) is 9.18 Å². The summed E-state index contributed by atoms with van der Waals surface area (Å²) in [4.78, 5) is 11.2. The molecule has 0 aliphatic heterocycles. The lowest BCUT2D eigenvalue weighted by Crippen LogP contribution is -2.06. The second-order valence-corrected chi connectivity index (χ2v) is 4.55. The summed E-state index contributed by atoms with van der Waals surface area (Å²) in [6.07, 6.45) is 1.28. The van der Waals surface area contributed by atoms with Crippen LogP contribution < -0.4 is 4.74 Å². The average molecular weight is 272 g/mol. The van der Waals surface area contributed by atoms with Gasteiger partial charge in [-0.3, -0.25) is 0 Å². The molecule has 2 aromatic rings. The zero-order valence-corrected chi connectivity index (χ0v) is 11.4. The zero-order valence-electron chi connectivity index (χ0n) is 11.4. The highest BCUT2D eigenvalue weighted by Gasteiger charge is 2.15. The molecule has 2 nitrogen and oxygen atoms in total. The molecule has 0 saturated heterocycles. The van der Waals surface area contributed by atoms with Gasteiger partial charge in [0.25, 0.3) is 0 Å². The van der Waals surface area contributed by atoms with Gasteiger partial charge < -0.3 is 9.53 Å². The smallest absolute Gasteiger partial charge is 0.127 e. The first kappa shape index (κ1) is 14.3. The van der Waals surface area contributed by atoms with E-state index in [2.05, 4.69) is 0 Å². The number of aldehydes is 1. The van der Waals surface area contributed by atoms with Gasteiger partial charge in [0.05, 0.1) is 6.61 Å². The third kappa shape index (κ3) is 3.44. The minimum atomic E-state index is -0.464. The molecular weight excluding hydrogens is 255 g/mol. The van der Waals surface area contributed by atoms with Crippen LogP contribution in [0.2, 0.25) is 0 Å². The second-order valence-electron chi connectivity index (χ2n) is 4.55. The Balaban J connectivity index is 2.14. The van der Waals surface area contributed by atoms with Crippen LogP contribution in [-0.4, -0.2) is 12.9 Å². The van der Waals surface area contributed by atoms with Crippen molar-refractivity contribution in [1.29, 1.82) is 0 Å². The van der Waals surface area contributed by atoms with Gasteiger partial charge in [-0.05, 0) is 42.7 Å². The first-order valence-corrected chi connectivity index (χ1v) is 6.66. The summed E-state index contributed by atoms with van der Waals surface area (Å²) >= 11 is 0. The minimum absolute atomic E-state index is 0.337. The summed E-state index contributed by atoms with van der Waals surface area (Å²) in [6, 6.07) is 13.9. The highest BCUT2D eigenvalue weighted by molar-refractivity contribution is 5.63. The molecule has 2 aromatic carbocycles. The van der Waals surface area contributed by atoms with E-state index in [1.165, 1.54) is 6.07 Å². The molecule has 2 rings (SSSR count). The Morgan fingerprint density at radius 3 is 2.45 bits per heavy atom. The fourth-order valence-corrected chi connectivity index (χ4v) is 2.15. The molecule has 0 spiro atoms. The van der Waals surface area contributed by atoms with Crippen molar-refractivity contribution in [2.45, 2.75) is 19.3 Å². The summed E-state index contributed by atoms with van der Waals surface area (Å²) in [7, 11) is 0. The summed E-state index contributed by atoms with van der Waals surface area (Å²) in [5.74, 6) is -0.00512. The van der Waals surface area contributed by atoms with Gasteiger partial charge in [-0.1, -0.05) is 30.3 Å². The first-order valence-electron chi connectivity index (χ1n) is 6.66. The Bertz CT molecular complexity index is 563.